The fourth-order valence-corrected chi connectivity index (χ4v) is 2.26. The molecule has 5 nitrogen and oxygen atoms in total. The number of hydrogen-bond donors (Lipinski definition) is 3. The maximum atomic E-state index is 10.2. The lowest BCUT2D eigenvalue weighted by Crippen LogP contribution is -2.45. The lowest BCUT2D eigenvalue weighted by atomic mass is 10.0. The van der Waals surface area contributed by atoms with Gasteiger partial charge in [-0.05, 0) is 18.9 Å². The highest BCUT2D eigenvalue weighted by atomic mass is 16.3. The second kappa shape index (κ2) is 5.91. The third-order valence-corrected chi connectivity index (χ3v) is 3.38. The Labute approximate surface area is 107 Å². The first-order valence-corrected chi connectivity index (χ1v) is 6.40. The summed E-state index contributed by atoms with van der Waals surface area (Å²) in [7, 11) is 1.73. The highest BCUT2D eigenvalue weighted by Crippen LogP contribution is 2.28. The van der Waals surface area contributed by atoms with Gasteiger partial charge in [-0.1, -0.05) is 12.8 Å². The molecule has 1 heterocycles. The van der Waals surface area contributed by atoms with E-state index in [1.165, 1.54) is 0 Å². The van der Waals surface area contributed by atoms with Crippen molar-refractivity contribution >= 4 is 5.96 Å². The molecular formula is C13H21N3O2. The van der Waals surface area contributed by atoms with Crippen LogP contribution in [0.15, 0.2) is 28.0 Å². The van der Waals surface area contributed by atoms with Gasteiger partial charge < -0.3 is 20.2 Å². The monoisotopic (exact) mass is 251 g/mol. The molecule has 0 saturated heterocycles. The number of aliphatic imine (C=N–C) groups is 1. The Morgan fingerprint density at radius 1 is 1.44 bits per heavy atom. The van der Waals surface area contributed by atoms with Crippen molar-refractivity contribution < 1.29 is 9.52 Å². The van der Waals surface area contributed by atoms with Crippen LogP contribution in [0.4, 0.5) is 0 Å². The largest absolute Gasteiger partial charge is 0.472 e. The topological polar surface area (TPSA) is 69.8 Å². The second-order valence-electron chi connectivity index (χ2n) is 4.84. The molecule has 1 aliphatic rings. The summed E-state index contributed by atoms with van der Waals surface area (Å²) in [6.07, 6.45) is 7.31. The first-order valence-electron chi connectivity index (χ1n) is 6.40. The van der Waals surface area contributed by atoms with Gasteiger partial charge in [0.25, 0.3) is 0 Å². The van der Waals surface area contributed by atoms with Crippen molar-refractivity contribution in [1.82, 2.24) is 10.6 Å². The van der Waals surface area contributed by atoms with Crippen LogP contribution in [0.5, 0.6) is 0 Å². The van der Waals surface area contributed by atoms with Gasteiger partial charge in [-0.3, -0.25) is 4.99 Å². The molecule has 0 spiro atoms. The van der Waals surface area contributed by atoms with E-state index in [4.69, 9.17) is 4.42 Å². The number of guanidine groups is 1. The molecule has 0 bridgehead atoms. The van der Waals surface area contributed by atoms with Crippen molar-refractivity contribution in [3.8, 4) is 0 Å². The fraction of sp³-hybridized carbons (Fsp3) is 0.615. The maximum absolute atomic E-state index is 10.2. The molecule has 1 aromatic heterocycles. The van der Waals surface area contributed by atoms with Gasteiger partial charge in [0, 0.05) is 25.7 Å². The SMILES string of the molecule is CN=C(NCc1ccoc1)NCC1(O)CCCC1. The first-order chi connectivity index (χ1) is 8.72. The van der Waals surface area contributed by atoms with E-state index >= 15 is 0 Å². The number of aliphatic hydroxyl groups is 1. The molecular weight excluding hydrogens is 230 g/mol. The summed E-state index contributed by atoms with van der Waals surface area (Å²) in [5.41, 5.74) is 0.505. The summed E-state index contributed by atoms with van der Waals surface area (Å²) >= 11 is 0. The Morgan fingerprint density at radius 3 is 2.83 bits per heavy atom. The lowest BCUT2D eigenvalue weighted by molar-refractivity contribution is 0.0522. The smallest absolute Gasteiger partial charge is 0.191 e. The molecule has 18 heavy (non-hydrogen) atoms. The van der Waals surface area contributed by atoms with Gasteiger partial charge in [0.2, 0.25) is 0 Å². The van der Waals surface area contributed by atoms with E-state index < -0.39 is 5.60 Å². The van der Waals surface area contributed by atoms with Gasteiger partial charge in [0.15, 0.2) is 5.96 Å². The van der Waals surface area contributed by atoms with Crippen molar-refractivity contribution in [2.24, 2.45) is 4.99 Å². The van der Waals surface area contributed by atoms with Crippen molar-refractivity contribution in [2.75, 3.05) is 13.6 Å². The molecule has 0 aliphatic heterocycles. The van der Waals surface area contributed by atoms with E-state index in [0.29, 0.717) is 19.0 Å². The fourth-order valence-electron chi connectivity index (χ4n) is 2.26. The zero-order chi connectivity index (χ0) is 12.8. The molecule has 0 atom stereocenters. The molecule has 3 N–H and O–H groups in total. The second-order valence-corrected chi connectivity index (χ2v) is 4.84. The van der Waals surface area contributed by atoms with Crippen LogP contribution in [-0.2, 0) is 6.54 Å². The van der Waals surface area contributed by atoms with Crippen LogP contribution in [0, 0.1) is 0 Å². The van der Waals surface area contributed by atoms with Crippen LogP contribution < -0.4 is 10.6 Å². The van der Waals surface area contributed by atoms with Crippen LogP contribution in [-0.4, -0.2) is 30.3 Å². The van der Waals surface area contributed by atoms with Crippen molar-refractivity contribution in [2.45, 2.75) is 37.8 Å². The summed E-state index contributed by atoms with van der Waals surface area (Å²) in [6.45, 7) is 1.21. The average Bonchev–Trinajstić information content (AvgIpc) is 3.01. The molecule has 0 radical (unpaired) electrons. The number of nitrogens with one attached hydrogen (secondary N) is 2. The number of furan rings is 1. The maximum Gasteiger partial charge on any atom is 0.191 e. The molecule has 0 aromatic carbocycles. The normalized spacial score (nSPS) is 18.9. The third kappa shape index (κ3) is 3.50. The van der Waals surface area contributed by atoms with Gasteiger partial charge in [0.05, 0.1) is 18.1 Å². The quantitative estimate of drug-likeness (QED) is 0.556. The van der Waals surface area contributed by atoms with Crippen molar-refractivity contribution in [1.29, 1.82) is 0 Å². The molecule has 5 heteroatoms. The van der Waals surface area contributed by atoms with Crippen LogP contribution in [0.2, 0.25) is 0 Å². The zero-order valence-corrected chi connectivity index (χ0v) is 10.8. The Kier molecular flexibility index (Phi) is 4.25. The van der Waals surface area contributed by atoms with E-state index in [-0.39, 0.29) is 0 Å². The number of nitrogens with zero attached hydrogens (tertiary/aromatic N) is 1. The molecule has 0 amide bonds. The predicted octanol–water partition coefficient (Wildman–Crippen LogP) is 1.25. The van der Waals surface area contributed by atoms with E-state index in [9.17, 15) is 5.11 Å². The highest BCUT2D eigenvalue weighted by molar-refractivity contribution is 5.79. The zero-order valence-electron chi connectivity index (χ0n) is 10.8. The van der Waals surface area contributed by atoms with Crippen molar-refractivity contribution in [3.63, 3.8) is 0 Å². The van der Waals surface area contributed by atoms with Gasteiger partial charge >= 0.3 is 0 Å². The van der Waals surface area contributed by atoms with Gasteiger partial charge in [-0.2, -0.15) is 0 Å². The van der Waals surface area contributed by atoms with Crippen LogP contribution in [0.1, 0.15) is 31.2 Å². The third-order valence-electron chi connectivity index (χ3n) is 3.38. The van der Waals surface area contributed by atoms with Crippen LogP contribution >= 0.6 is 0 Å². The Hall–Kier alpha value is -1.49. The Balaban J connectivity index is 1.75. The van der Waals surface area contributed by atoms with Crippen molar-refractivity contribution in [3.05, 3.63) is 24.2 Å². The van der Waals surface area contributed by atoms with E-state index in [1.54, 1.807) is 19.6 Å². The van der Waals surface area contributed by atoms with Crippen LogP contribution in [0.3, 0.4) is 0 Å². The summed E-state index contributed by atoms with van der Waals surface area (Å²) in [6, 6.07) is 1.91. The minimum Gasteiger partial charge on any atom is -0.472 e. The van der Waals surface area contributed by atoms with Gasteiger partial charge in [-0.25, -0.2) is 0 Å². The molecule has 0 unspecified atom stereocenters. The molecule has 1 fully saturated rings. The predicted molar refractivity (Wildman–Crippen MR) is 70.3 cm³/mol. The standard InChI is InChI=1S/C13H21N3O2/c1-14-12(15-8-11-4-7-18-9-11)16-10-13(17)5-2-3-6-13/h4,7,9,17H,2-3,5-6,8,10H2,1H3,(H2,14,15,16). The number of hydrogen-bond acceptors (Lipinski definition) is 3. The summed E-state index contributed by atoms with van der Waals surface area (Å²) in [4.78, 5) is 4.13. The van der Waals surface area contributed by atoms with Gasteiger partial charge in [0.1, 0.15) is 0 Å². The highest BCUT2D eigenvalue weighted by Gasteiger charge is 2.30. The number of rotatable bonds is 4. The molecule has 1 aliphatic carbocycles. The molecule has 2 rings (SSSR count). The lowest BCUT2D eigenvalue weighted by Gasteiger charge is -2.23. The van der Waals surface area contributed by atoms with E-state index in [0.717, 1.165) is 31.2 Å². The van der Waals surface area contributed by atoms with E-state index in [1.807, 2.05) is 6.07 Å². The minimum atomic E-state index is -0.562. The average molecular weight is 251 g/mol. The minimum absolute atomic E-state index is 0.554. The first kappa shape index (κ1) is 13.0. The molecule has 1 saturated carbocycles. The summed E-state index contributed by atoms with van der Waals surface area (Å²) in [5.74, 6) is 0.705. The molecule has 100 valence electrons. The van der Waals surface area contributed by atoms with E-state index in [2.05, 4.69) is 15.6 Å². The molecule has 1 aromatic rings. The summed E-state index contributed by atoms with van der Waals surface area (Å²) in [5, 5.41) is 16.6. The van der Waals surface area contributed by atoms with Crippen LogP contribution in [0.25, 0.3) is 0 Å². The Morgan fingerprint density at radius 2 is 2.22 bits per heavy atom. The summed E-state index contributed by atoms with van der Waals surface area (Å²) < 4.78 is 5.00. The Bertz CT molecular complexity index is 381. The van der Waals surface area contributed by atoms with Gasteiger partial charge in [-0.15, -0.1) is 0 Å².